The van der Waals surface area contributed by atoms with Gasteiger partial charge in [-0.1, -0.05) is 69.3 Å². The Morgan fingerprint density at radius 3 is 2.18 bits per heavy atom. The molecule has 4 rings (SSSR count). The highest BCUT2D eigenvalue weighted by Gasteiger charge is 2.20. The van der Waals surface area contributed by atoms with Crippen LogP contribution < -0.4 is 0 Å². The van der Waals surface area contributed by atoms with E-state index in [2.05, 4.69) is 38.1 Å². The zero-order valence-corrected chi connectivity index (χ0v) is 16.4. The van der Waals surface area contributed by atoms with E-state index < -0.39 is 5.97 Å². The van der Waals surface area contributed by atoms with Crippen LogP contribution in [0.15, 0.2) is 60.7 Å². The summed E-state index contributed by atoms with van der Waals surface area (Å²) in [6.07, 6.45) is 0.632. The molecule has 140 valence electrons. The minimum Gasteiger partial charge on any atom is -0.478 e. The van der Waals surface area contributed by atoms with E-state index in [0.717, 1.165) is 44.1 Å². The molecule has 0 saturated heterocycles. The molecular weight excluding hydrogens is 346 g/mol. The molecule has 1 aromatic heterocycles. The Balaban J connectivity index is 2.11. The monoisotopic (exact) mass is 369 g/mol. The smallest absolute Gasteiger partial charge is 0.336 e. The Morgan fingerprint density at radius 2 is 1.57 bits per heavy atom. The first-order chi connectivity index (χ1) is 13.5. The van der Waals surface area contributed by atoms with Crippen molar-refractivity contribution in [2.45, 2.75) is 33.1 Å². The normalized spacial score (nSPS) is 11.4. The summed E-state index contributed by atoms with van der Waals surface area (Å²) >= 11 is 0. The third-order valence-electron chi connectivity index (χ3n) is 5.32. The summed E-state index contributed by atoms with van der Waals surface area (Å²) in [6.45, 7) is 6.29. The Labute approximate surface area is 164 Å². The molecule has 3 nitrogen and oxygen atoms in total. The number of benzene rings is 3. The number of fused-ring (bicyclic) bond motifs is 2. The first-order valence-corrected chi connectivity index (χ1v) is 9.69. The van der Waals surface area contributed by atoms with Crippen LogP contribution in [0, 0.1) is 0 Å². The van der Waals surface area contributed by atoms with Gasteiger partial charge in [0.15, 0.2) is 0 Å². The molecule has 0 aliphatic carbocycles. The molecule has 0 fully saturated rings. The highest BCUT2D eigenvalue weighted by molar-refractivity contribution is 6.08. The first kappa shape index (κ1) is 18.2. The van der Waals surface area contributed by atoms with Crippen molar-refractivity contribution in [2.75, 3.05) is 0 Å². The van der Waals surface area contributed by atoms with E-state index in [9.17, 15) is 9.90 Å². The van der Waals surface area contributed by atoms with E-state index in [4.69, 9.17) is 4.98 Å². The van der Waals surface area contributed by atoms with Gasteiger partial charge in [0.05, 0.1) is 17.0 Å². The first-order valence-electron chi connectivity index (χ1n) is 9.69. The van der Waals surface area contributed by atoms with Gasteiger partial charge in [-0.25, -0.2) is 4.79 Å². The summed E-state index contributed by atoms with van der Waals surface area (Å²) in [4.78, 5) is 17.1. The second-order valence-corrected chi connectivity index (χ2v) is 7.43. The number of hydrogen-bond donors (Lipinski definition) is 1. The van der Waals surface area contributed by atoms with Crippen molar-refractivity contribution in [1.29, 1.82) is 0 Å². The van der Waals surface area contributed by atoms with Crippen molar-refractivity contribution in [2.24, 2.45) is 0 Å². The molecule has 0 radical (unpaired) electrons. The fourth-order valence-corrected chi connectivity index (χ4v) is 4.03. The maximum absolute atomic E-state index is 12.1. The minimum absolute atomic E-state index is 0.273. The lowest BCUT2D eigenvalue weighted by atomic mass is 9.90. The quantitative estimate of drug-likeness (QED) is 0.450. The van der Waals surface area contributed by atoms with Crippen molar-refractivity contribution in [3.63, 3.8) is 0 Å². The molecule has 1 N–H and O–H groups in total. The number of carboxylic acids is 1. The molecular formula is C25H23NO2. The Kier molecular flexibility index (Phi) is 4.60. The second kappa shape index (κ2) is 7.08. The number of aromatic carboxylic acids is 1. The number of nitrogens with zero attached hydrogens (tertiary/aromatic N) is 1. The van der Waals surface area contributed by atoms with Gasteiger partial charge in [-0.05, 0) is 46.2 Å². The predicted molar refractivity (Wildman–Crippen MR) is 115 cm³/mol. The molecule has 1 heterocycles. The SMILES string of the molecule is CCc1c(-c2cc3ccccc3c(C(C)C)n2)cc2ccccc2c1C(=O)O. The summed E-state index contributed by atoms with van der Waals surface area (Å²) < 4.78 is 0. The van der Waals surface area contributed by atoms with E-state index in [1.807, 2.05) is 43.3 Å². The van der Waals surface area contributed by atoms with Gasteiger partial charge < -0.3 is 5.11 Å². The predicted octanol–water partition coefficient (Wildman–Crippen LogP) is 6.44. The van der Waals surface area contributed by atoms with E-state index in [-0.39, 0.29) is 5.92 Å². The molecule has 0 amide bonds. The average Bonchev–Trinajstić information content (AvgIpc) is 2.71. The number of carboxylic acid groups (broad SMARTS) is 1. The Hall–Kier alpha value is -3.20. The van der Waals surface area contributed by atoms with Crippen molar-refractivity contribution >= 4 is 27.5 Å². The van der Waals surface area contributed by atoms with Crippen molar-refractivity contribution in [1.82, 2.24) is 4.98 Å². The van der Waals surface area contributed by atoms with Crippen molar-refractivity contribution in [3.8, 4) is 11.3 Å². The molecule has 0 bridgehead atoms. The third kappa shape index (κ3) is 2.93. The maximum atomic E-state index is 12.1. The van der Waals surface area contributed by atoms with E-state index >= 15 is 0 Å². The summed E-state index contributed by atoms with van der Waals surface area (Å²) in [6, 6.07) is 20.1. The van der Waals surface area contributed by atoms with Crippen LogP contribution in [-0.2, 0) is 6.42 Å². The topological polar surface area (TPSA) is 50.2 Å². The van der Waals surface area contributed by atoms with Gasteiger partial charge in [-0.15, -0.1) is 0 Å². The summed E-state index contributed by atoms with van der Waals surface area (Å²) in [5.41, 5.74) is 4.01. The molecule has 0 saturated carbocycles. The third-order valence-corrected chi connectivity index (χ3v) is 5.32. The molecule has 0 spiro atoms. The number of rotatable bonds is 4. The van der Waals surface area contributed by atoms with Crippen molar-refractivity contribution in [3.05, 3.63) is 77.5 Å². The Bertz CT molecular complexity index is 1210. The van der Waals surface area contributed by atoms with Gasteiger partial charge in [-0.2, -0.15) is 0 Å². The maximum Gasteiger partial charge on any atom is 0.336 e. The zero-order chi connectivity index (χ0) is 19.8. The lowest BCUT2D eigenvalue weighted by molar-refractivity contribution is 0.0698. The molecule has 3 heteroatoms. The highest BCUT2D eigenvalue weighted by atomic mass is 16.4. The fourth-order valence-electron chi connectivity index (χ4n) is 4.03. The van der Waals surface area contributed by atoms with Crippen LogP contribution in [0.25, 0.3) is 32.8 Å². The molecule has 0 aliphatic heterocycles. The number of pyridine rings is 1. The minimum atomic E-state index is -0.889. The van der Waals surface area contributed by atoms with Gasteiger partial charge >= 0.3 is 5.97 Å². The molecule has 3 aromatic carbocycles. The van der Waals surface area contributed by atoms with Crippen LogP contribution in [0.3, 0.4) is 0 Å². The molecule has 4 aromatic rings. The van der Waals surface area contributed by atoms with Gasteiger partial charge in [-0.3, -0.25) is 4.98 Å². The zero-order valence-electron chi connectivity index (χ0n) is 16.4. The average molecular weight is 369 g/mol. The van der Waals surface area contributed by atoms with Gasteiger partial charge in [0.1, 0.15) is 0 Å². The number of aromatic nitrogens is 1. The largest absolute Gasteiger partial charge is 0.478 e. The summed E-state index contributed by atoms with van der Waals surface area (Å²) in [5, 5.41) is 13.9. The lowest BCUT2D eigenvalue weighted by Gasteiger charge is -2.17. The van der Waals surface area contributed by atoms with Crippen LogP contribution in [0.4, 0.5) is 0 Å². The Morgan fingerprint density at radius 1 is 0.964 bits per heavy atom. The van der Waals surface area contributed by atoms with Crippen LogP contribution >= 0.6 is 0 Å². The van der Waals surface area contributed by atoms with E-state index in [1.54, 1.807) is 0 Å². The fraction of sp³-hybridized carbons (Fsp3) is 0.200. The standard InChI is InChI=1S/C25H23NO2/c1-4-18-21(13-16-9-5-7-11-19(16)23(18)25(27)28)22-14-17-10-6-8-12-20(17)24(26-22)15(2)3/h5-15H,4H2,1-3H3,(H,27,28). The molecule has 0 atom stereocenters. The van der Waals surface area contributed by atoms with Gasteiger partial charge in [0.2, 0.25) is 0 Å². The number of hydrogen-bond acceptors (Lipinski definition) is 2. The second-order valence-electron chi connectivity index (χ2n) is 7.43. The van der Waals surface area contributed by atoms with Crippen molar-refractivity contribution < 1.29 is 9.90 Å². The van der Waals surface area contributed by atoms with Gasteiger partial charge in [0, 0.05) is 10.9 Å². The molecule has 28 heavy (non-hydrogen) atoms. The number of carbonyl (C=O) groups is 1. The van der Waals surface area contributed by atoms with Crippen LogP contribution in [0.2, 0.25) is 0 Å². The van der Waals surface area contributed by atoms with E-state index in [1.165, 1.54) is 0 Å². The summed E-state index contributed by atoms with van der Waals surface area (Å²) in [7, 11) is 0. The van der Waals surface area contributed by atoms with Crippen LogP contribution in [-0.4, -0.2) is 16.1 Å². The molecule has 0 aliphatic rings. The van der Waals surface area contributed by atoms with E-state index in [0.29, 0.717) is 12.0 Å². The van der Waals surface area contributed by atoms with Crippen LogP contribution in [0.5, 0.6) is 0 Å². The van der Waals surface area contributed by atoms with Gasteiger partial charge in [0.25, 0.3) is 0 Å². The molecule has 0 unspecified atom stereocenters. The lowest BCUT2D eigenvalue weighted by Crippen LogP contribution is -2.06. The summed E-state index contributed by atoms with van der Waals surface area (Å²) in [5.74, 6) is -0.617. The van der Waals surface area contributed by atoms with Crippen LogP contribution in [0.1, 0.15) is 48.3 Å². The highest BCUT2D eigenvalue weighted by Crippen LogP contribution is 2.35.